The number of amides is 3. The van der Waals surface area contributed by atoms with Gasteiger partial charge in [0.15, 0.2) is 0 Å². The number of rotatable bonds is 3. The lowest BCUT2D eigenvalue weighted by Crippen LogP contribution is -2.30. The van der Waals surface area contributed by atoms with Crippen LogP contribution in [0.25, 0.3) is 0 Å². The predicted molar refractivity (Wildman–Crippen MR) is 87.9 cm³/mol. The van der Waals surface area contributed by atoms with Crippen LogP contribution < -0.4 is 16.1 Å². The van der Waals surface area contributed by atoms with Gasteiger partial charge >= 0.3 is 6.03 Å². The Bertz CT molecular complexity index is 744. The van der Waals surface area contributed by atoms with Crippen molar-refractivity contribution < 1.29 is 9.59 Å². The number of urea groups is 1. The van der Waals surface area contributed by atoms with Crippen LogP contribution in [-0.4, -0.2) is 17.6 Å². The Hall–Kier alpha value is -3.15. The average molecular weight is 308 g/mol. The summed E-state index contributed by atoms with van der Waals surface area (Å²) in [5, 5.41) is 4.04. The minimum Gasteiger partial charge on any atom is -0.350 e. The zero-order valence-electron chi connectivity index (χ0n) is 12.3. The number of hydrogen-bond acceptors (Lipinski definition) is 3. The number of hydrogen-bond donors (Lipinski definition) is 2. The fraction of sp³-hybridized carbons (Fsp3) is 0.118. The van der Waals surface area contributed by atoms with Crippen molar-refractivity contribution in [3.05, 3.63) is 66.2 Å². The summed E-state index contributed by atoms with van der Waals surface area (Å²) in [7, 11) is 0. The molecule has 6 nitrogen and oxygen atoms in total. The third kappa shape index (κ3) is 3.06. The van der Waals surface area contributed by atoms with Crippen molar-refractivity contribution in [1.82, 2.24) is 5.43 Å². The van der Waals surface area contributed by atoms with E-state index in [1.165, 1.54) is 0 Å². The molecular weight excluding hydrogens is 292 g/mol. The minimum atomic E-state index is -0.755. The maximum absolute atomic E-state index is 12.5. The molecule has 2 aromatic rings. The summed E-state index contributed by atoms with van der Waals surface area (Å²) in [6.45, 7) is 0. The van der Waals surface area contributed by atoms with Crippen molar-refractivity contribution in [2.45, 2.75) is 12.5 Å². The molecule has 1 fully saturated rings. The van der Waals surface area contributed by atoms with Gasteiger partial charge in [-0.2, -0.15) is 5.10 Å². The lowest BCUT2D eigenvalue weighted by molar-refractivity contribution is -0.116. The van der Waals surface area contributed by atoms with Crippen LogP contribution in [-0.2, 0) is 4.79 Å². The van der Waals surface area contributed by atoms with Gasteiger partial charge < -0.3 is 5.73 Å². The van der Waals surface area contributed by atoms with Crippen LogP contribution in [0.1, 0.15) is 18.0 Å². The number of nitrogens with one attached hydrogen (secondary N) is 1. The molecule has 0 saturated carbocycles. The molecule has 1 aliphatic rings. The lowest BCUT2D eigenvalue weighted by atomic mass is 10.0. The van der Waals surface area contributed by atoms with Crippen LogP contribution in [0.3, 0.4) is 0 Å². The highest BCUT2D eigenvalue weighted by molar-refractivity contribution is 6.19. The second-order valence-corrected chi connectivity index (χ2v) is 5.17. The zero-order chi connectivity index (χ0) is 16.2. The molecule has 0 radical (unpaired) electrons. The quantitative estimate of drug-likeness (QED) is 0.851. The number of para-hydroxylation sites is 1. The molecule has 1 saturated heterocycles. The van der Waals surface area contributed by atoms with Crippen LogP contribution >= 0.6 is 0 Å². The van der Waals surface area contributed by atoms with Gasteiger partial charge in [0, 0.05) is 5.69 Å². The molecule has 0 bridgehead atoms. The van der Waals surface area contributed by atoms with Gasteiger partial charge in [-0.1, -0.05) is 48.5 Å². The Balaban J connectivity index is 2.05. The molecule has 3 rings (SSSR count). The van der Waals surface area contributed by atoms with Gasteiger partial charge in [0.25, 0.3) is 0 Å². The standard InChI is InChI=1S/C17H16N4O2/c18-17(23)20-19-14-11-15(22)21(13-9-5-2-6-10-13)16(14)12-7-3-1-4-8-12/h1-10,16H,11H2,(H3,18,20,23)/b19-14-/t16-/m0/s1. The van der Waals surface area contributed by atoms with E-state index in [0.29, 0.717) is 5.71 Å². The summed E-state index contributed by atoms with van der Waals surface area (Å²) >= 11 is 0. The molecule has 1 aliphatic heterocycles. The van der Waals surface area contributed by atoms with E-state index in [1.54, 1.807) is 4.90 Å². The van der Waals surface area contributed by atoms with Crippen LogP contribution in [0.15, 0.2) is 65.8 Å². The molecule has 6 heteroatoms. The summed E-state index contributed by atoms with van der Waals surface area (Å²) in [6.07, 6.45) is 0.134. The highest BCUT2D eigenvalue weighted by Gasteiger charge is 2.38. The lowest BCUT2D eigenvalue weighted by Gasteiger charge is -2.25. The van der Waals surface area contributed by atoms with E-state index >= 15 is 0 Å². The van der Waals surface area contributed by atoms with Crippen molar-refractivity contribution in [2.24, 2.45) is 10.8 Å². The second-order valence-electron chi connectivity index (χ2n) is 5.17. The van der Waals surface area contributed by atoms with Crippen molar-refractivity contribution >= 4 is 23.3 Å². The molecule has 0 spiro atoms. The molecule has 23 heavy (non-hydrogen) atoms. The van der Waals surface area contributed by atoms with Gasteiger partial charge in [0.2, 0.25) is 5.91 Å². The maximum atomic E-state index is 12.5. The Morgan fingerprint density at radius 1 is 1.09 bits per heavy atom. The zero-order valence-corrected chi connectivity index (χ0v) is 12.3. The number of primary amides is 1. The van der Waals surface area contributed by atoms with Crippen LogP contribution in [0.4, 0.5) is 10.5 Å². The number of carbonyl (C=O) groups excluding carboxylic acids is 2. The van der Waals surface area contributed by atoms with Crippen LogP contribution in [0.5, 0.6) is 0 Å². The first-order chi connectivity index (χ1) is 11.2. The summed E-state index contributed by atoms with van der Waals surface area (Å²) < 4.78 is 0. The van der Waals surface area contributed by atoms with Crippen molar-refractivity contribution in [3.8, 4) is 0 Å². The average Bonchev–Trinajstić information content (AvgIpc) is 2.91. The Labute approximate surface area is 133 Å². The summed E-state index contributed by atoms with van der Waals surface area (Å²) in [5.74, 6) is -0.0740. The SMILES string of the molecule is NC(=O)N/N=C1/CC(=O)N(c2ccccc2)[C@H]1c1ccccc1. The summed E-state index contributed by atoms with van der Waals surface area (Å²) in [6, 6.07) is 17.8. The third-order valence-electron chi connectivity index (χ3n) is 3.63. The number of benzene rings is 2. The Morgan fingerprint density at radius 2 is 1.70 bits per heavy atom. The van der Waals surface area contributed by atoms with E-state index in [9.17, 15) is 9.59 Å². The highest BCUT2D eigenvalue weighted by atomic mass is 16.2. The number of anilines is 1. The number of hydrazone groups is 1. The monoisotopic (exact) mass is 308 g/mol. The summed E-state index contributed by atoms with van der Waals surface area (Å²) in [4.78, 5) is 25.1. The molecule has 1 atom stereocenters. The van der Waals surface area contributed by atoms with E-state index in [2.05, 4.69) is 10.5 Å². The van der Waals surface area contributed by atoms with E-state index in [-0.39, 0.29) is 18.4 Å². The van der Waals surface area contributed by atoms with E-state index in [0.717, 1.165) is 11.3 Å². The molecule has 3 N–H and O–H groups in total. The van der Waals surface area contributed by atoms with Gasteiger partial charge in [-0.3, -0.25) is 9.69 Å². The Morgan fingerprint density at radius 3 is 2.30 bits per heavy atom. The van der Waals surface area contributed by atoms with Gasteiger partial charge in [-0.05, 0) is 17.7 Å². The number of carbonyl (C=O) groups is 2. The maximum Gasteiger partial charge on any atom is 0.332 e. The fourth-order valence-electron chi connectivity index (χ4n) is 2.72. The fourth-order valence-corrected chi connectivity index (χ4v) is 2.72. The molecule has 0 aliphatic carbocycles. The number of nitrogens with zero attached hydrogens (tertiary/aromatic N) is 2. The third-order valence-corrected chi connectivity index (χ3v) is 3.63. The first-order valence-corrected chi connectivity index (χ1v) is 7.21. The van der Waals surface area contributed by atoms with Crippen molar-refractivity contribution in [3.63, 3.8) is 0 Å². The first-order valence-electron chi connectivity index (χ1n) is 7.21. The molecule has 3 amide bonds. The molecule has 2 aromatic carbocycles. The predicted octanol–water partition coefficient (Wildman–Crippen LogP) is 2.19. The van der Waals surface area contributed by atoms with E-state index in [4.69, 9.17) is 5.73 Å². The molecule has 1 heterocycles. The molecule has 0 unspecified atom stereocenters. The Kier molecular flexibility index (Phi) is 4.05. The molecule has 0 aromatic heterocycles. The molecular formula is C17H16N4O2. The van der Waals surface area contributed by atoms with Crippen LogP contribution in [0, 0.1) is 0 Å². The second kappa shape index (κ2) is 6.31. The highest BCUT2D eigenvalue weighted by Crippen LogP contribution is 2.35. The van der Waals surface area contributed by atoms with Crippen molar-refractivity contribution in [2.75, 3.05) is 4.90 Å². The van der Waals surface area contributed by atoms with Gasteiger partial charge in [-0.25, -0.2) is 10.2 Å². The van der Waals surface area contributed by atoms with Crippen LogP contribution in [0.2, 0.25) is 0 Å². The first kappa shape index (κ1) is 14.8. The van der Waals surface area contributed by atoms with Gasteiger partial charge in [0.1, 0.15) is 6.04 Å². The van der Waals surface area contributed by atoms with E-state index in [1.807, 2.05) is 60.7 Å². The minimum absolute atomic E-state index is 0.0740. The topological polar surface area (TPSA) is 87.8 Å². The largest absolute Gasteiger partial charge is 0.350 e. The van der Waals surface area contributed by atoms with E-state index < -0.39 is 6.03 Å². The number of nitrogens with two attached hydrogens (primary N) is 1. The van der Waals surface area contributed by atoms with Crippen molar-refractivity contribution in [1.29, 1.82) is 0 Å². The normalized spacial score (nSPS) is 19.1. The summed E-state index contributed by atoms with van der Waals surface area (Å²) in [5.41, 5.74) is 9.58. The smallest absolute Gasteiger partial charge is 0.332 e. The van der Waals surface area contributed by atoms with Gasteiger partial charge in [-0.15, -0.1) is 0 Å². The molecule has 116 valence electrons. The van der Waals surface area contributed by atoms with Gasteiger partial charge in [0.05, 0.1) is 12.1 Å².